The van der Waals surface area contributed by atoms with Gasteiger partial charge in [-0.1, -0.05) is 6.07 Å². The molecule has 18 heavy (non-hydrogen) atoms. The molecule has 1 N–H and O–H groups in total. The van der Waals surface area contributed by atoms with Crippen LogP contribution in [0.4, 0.5) is 0 Å². The number of aromatic nitrogens is 3. The first-order chi connectivity index (χ1) is 8.66. The molecule has 3 aromatic rings. The summed E-state index contributed by atoms with van der Waals surface area (Å²) in [4.78, 5) is 15.4. The first-order valence-electron chi connectivity index (χ1n) is 5.49. The fraction of sp³-hybridized carbons (Fsp3) is 0.0769. The number of aryl methyl sites for hydroxylation is 1. The van der Waals surface area contributed by atoms with E-state index in [1.54, 1.807) is 16.5 Å². The molecule has 3 aromatic heterocycles. The van der Waals surface area contributed by atoms with Gasteiger partial charge in [-0.15, -0.1) is 0 Å². The third-order valence-electron chi connectivity index (χ3n) is 2.84. The minimum absolute atomic E-state index is 0.0782. The van der Waals surface area contributed by atoms with E-state index in [2.05, 4.69) is 4.98 Å². The number of hydrogen-bond acceptors (Lipinski definition) is 2. The monoisotopic (exact) mass is 241 g/mol. The quantitative estimate of drug-likeness (QED) is 0.746. The van der Waals surface area contributed by atoms with Crippen LogP contribution in [0.3, 0.4) is 0 Å². The van der Waals surface area contributed by atoms with E-state index in [0.717, 1.165) is 5.56 Å². The molecule has 0 atom stereocenters. The summed E-state index contributed by atoms with van der Waals surface area (Å²) in [6.45, 7) is 0. The second kappa shape index (κ2) is 3.73. The number of carboxylic acid groups (broad SMARTS) is 1. The Bertz CT molecular complexity index is 740. The van der Waals surface area contributed by atoms with E-state index >= 15 is 0 Å². The molecule has 0 aromatic carbocycles. The molecule has 90 valence electrons. The molecule has 0 bridgehead atoms. The van der Waals surface area contributed by atoms with E-state index in [1.807, 2.05) is 42.3 Å². The second-order valence-corrected chi connectivity index (χ2v) is 4.11. The maximum Gasteiger partial charge on any atom is 0.356 e. The number of carbonyl (C=O) groups is 1. The molecule has 0 unspecified atom stereocenters. The summed E-state index contributed by atoms with van der Waals surface area (Å²) in [6, 6.07) is 7.32. The molecule has 5 heteroatoms. The van der Waals surface area contributed by atoms with Crippen LogP contribution in [0.15, 0.2) is 42.9 Å². The smallest absolute Gasteiger partial charge is 0.356 e. The Morgan fingerprint density at radius 3 is 2.78 bits per heavy atom. The molecule has 0 fully saturated rings. The summed E-state index contributed by atoms with van der Waals surface area (Å²) in [5.74, 6) is -0.371. The van der Waals surface area contributed by atoms with Crippen molar-refractivity contribution in [3.63, 3.8) is 0 Å². The molecule has 0 aliphatic rings. The lowest BCUT2D eigenvalue weighted by Gasteiger charge is -1.97. The van der Waals surface area contributed by atoms with E-state index < -0.39 is 5.97 Å². The summed E-state index contributed by atoms with van der Waals surface area (Å²) in [5, 5.41) is 9.17. The van der Waals surface area contributed by atoms with E-state index in [-0.39, 0.29) is 5.69 Å². The van der Waals surface area contributed by atoms with Crippen molar-refractivity contribution in [2.45, 2.75) is 0 Å². The SMILES string of the molecule is Cn1ccc(-c2nc(C(=O)O)c3ccccn23)c1. The Labute approximate surface area is 103 Å². The van der Waals surface area contributed by atoms with Crippen molar-refractivity contribution in [1.29, 1.82) is 0 Å². The zero-order valence-corrected chi connectivity index (χ0v) is 9.74. The van der Waals surface area contributed by atoms with Gasteiger partial charge in [0.15, 0.2) is 5.69 Å². The summed E-state index contributed by atoms with van der Waals surface area (Å²) in [6.07, 6.45) is 5.63. The average Bonchev–Trinajstić information content (AvgIpc) is 2.92. The van der Waals surface area contributed by atoms with Crippen LogP contribution in [0.25, 0.3) is 16.9 Å². The molecule has 0 radical (unpaired) electrons. The Morgan fingerprint density at radius 2 is 2.11 bits per heavy atom. The van der Waals surface area contributed by atoms with Gasteiger partial charge in [-0.2, -0.15) is 0 Å². The number of aromatic carboxylic acids is 1. The van der Waals surface area contributed by atoms with Crippen LogP contribution < -0.4 is 0 Å². The van der Waals surface area contributed by atoms with Gasteiger partial charge in [0, 0.05) is 31.2 Å². The van der Waals surface area contributed by atoms with Crippen LogP contribution in [0.5, 0.6) is 0 Å². The first kappa shape index (κ1) is 10.6. The van der Waals surface area contributed by atoms with Gasteiger partial charge >= 0.3 is 5.97 Å². The van der Waals surface area contributed by atoms with Crippen LogP contribution in [0.2, 0.25) is 0 Å². The third kappa shape index (κ3) is 1.48. The van der Waals surface area contributed by atoms with E-state index in [9.17, 15) is 4.79 Å². The standard InChI is InChI=1S/C13H11N3O2/c1-15-7-5-9(8-15)12-14-11(13(17)18)10-4-2-3-6-16(10)12/h2-8H,1H3,(H,17,18). The summed E-state index contributed by atoms with van der Waals surface area (Å²) >= 11 is 0. The number of fused-ring (bicyclic) bond motifs is 1. The highest BCUT2D eigenvalue weighted by atomic mass is 16.4. The summed E-state index contributed by atoms with van der Waals surface area (Å²) in [5.41, 5.74) is 1.57. The predicted molar refractivity (Wildman–Crippen MR) is 66.6 cm³/mol. The van der Waals surface area contributed by atoms with E-state index in [4.69, 9.17) is 5.11 Å². The largest absolute Gasteiger partial charge is 0.476 e. The maximum absolute atomic E-state index is 11.2. The second-order valence-electron chi connectivity index (χ2n) is 4.11. The number of imidazole rings is 1. The molecule has 3 rings (SSSR count). The minimum Gasteiger partial charge on any atom is -0.476 e. The average molecular weight is 241 g/mol. The fourth-order valence-corrected chi connectivity index (χ4v) is 2.03. The van der Waals surface area contributed by atoms with Crippen LogP contribution >= 0.6 is 0 Å². The van der Waals surface area contributed by atoms with Gasteiger partial charge in [-0.25, -0.2) is 9.78 Å². The zero-order valence-electron chi connectivity index (χ0n) is 9.74. The Balaban J connectivity index is 2.33. The highest BCUT2D eigenvalue weighted by Gasteiger charge is 2.17. The van der Waals surface area contributed by atoms with Crippen LogP contribution in [0, 0.1) is 0 Å². The molecule has 0 spiro atoms. The van der Waals surface area contributed by atoms with Crippen molar-refractivity contribution >= 4 is 11.5 Å². The number of hydrogen-bond donors (Lipinski definition) is 1. The predicted octanol–water partition coefficient (Wildman–Crippen LogP) is 2.04. The number of rotatable bonds is 2. The maximum atomic E-state index is 11.2. The minimum atomic E-state index is -1.01. The highest BCUT2D eigenvalue weighted by molar-refractivity contribution is 5.94. The topological polar surface area (TPSA) is 59.5 Å². The Morgan fingerprint density at radius 1 is 1.28 bits per heavy atom. The van der Waals surface area contributed by atoms with Gasteiger partial charge in [-0.3, -0.25) is 4.40 Å². The molecule has 5 nitrogen and oxygen atoms in total. The molecular weight excluding hydrogens is 230 g/mol. The summed E-state index contributed by atoms with van der Waals surface area (Å²) in [7, 11) is 1.91. The molecule has 3 heterocycles. The number of nitrogens with zero attached hydrogens (tertiary/aromatic N) is 3. The zero-order chi connectivity index (χ0) is 12.7. The molecular formula is C13H11N3O2. The van der Waals surface area contributed by atoms with Crippen molar-refractivity contribution in [3.05, 3.63) is 48.5 Å². The summed E-state index contributed by atoms with van der Waals surface area (Å²) < 4.78 is 3.69. The van der Waals surface area contributed by atoms with Gasteiger partial charge < -0.3 is 9.67 Å². The van der Waals surface area contributed by atoms with Gasteiger partial charge in [0.05, 0.1) is 5.52 Å². The van der Waals surface area contributed by atoms with Gasteiger partial charge in [0.1, 0.15) is 5.82 Å². The van der Waals surface area contributed by atoms with E-state index in [1.165, 1.54) is 0 Å². The molecule has 0 amide bonds. The third-order valence-corrected chi connectivity index (χ3v) is 2.84. The molecule has 0 aliphatic carbocycles. The van der Waals surface area contributed by atoms with Crippen molar-refractivity contribution in [1.82, 2.24) is 14.0 Å². The Kier molecular flexibility index (Phi) is 2.19. The van der Waals surface area contributed by atoms with Crippen molar-refractivity contribution in [3.8, 4) is 11.4 Å². The van der Waals surface area contributed by atoms with Crippen LogP contribution in [-0.4, -0.2) is 25.0 Å². The number of carboxylic acids is 1. The van der Waals surface area contributed by atoms with Crippen molar-refractivity contribution in [2.75, 3.05) is 0 Å². The Hall–Kier alpha value is -2.56. The van der Waals surface area contributed by atoms with Crippen LogP contribution in [-0.2, 0) is 7.05 Å². The van der Waals surface area contributed by atoms with Gasteiger partial charge in [-0.05, 0) is 18.2 Å². The lowest BCUT2D eigenvalue weighted by Crippen LogP contribution is -1.96. The normalized spacial score (nSPS) is 10.9. The van der Waals surface area contributed by atoms with Gasteiger partial charge in [0.25, 0.3) is 0 Å². The number of pyridine rings is 1. The van der Waals surface area contributed by atoms with Crippen LogP contribution in [0.1, 0.15) is 10.5 Å². The fourth-order valence-electron chi connectivity index (χ4n) is 2.03. The van der Waals surface area contributed by atoms with Gasteiger partial charge in [0.2, 0.25) is 0 Å². The first-order valence-corrected chi connectivity index (χ1v) is 5.49. The molecule has 0 saturated carbocycles. The highest BCUT2D eigenvalue weighted by Crippen LogP contribution is 2.22. The molecule has 0 saturated heterocycles. The van der Waals surface area contributed by atoms with E-state index in [0.29, 0.717) is 11.3 Å². The lowest BCUT2D eigenvalue weighted by molar-refractivity contribution is 0.0693. The lowest BCUT2D eigenvalue weighted by atomic mass is 10.3. The van der Waals surface area contributed by atoms with Crippen molar-refractivity contribution < 1.29 is 9.90 Å². The van der Waals surface area contributed by atoms with Crippen molar-refractivity contribution in [2.24, 2.45) is 7.05 Å². The molecule has 0 aliphatic heterocycles.